The summed E-state index contributed by atoms with van der Waals surface area (Å²) in [6, 6.07) is 7.18. The Labute approximate surface area is 171 Å². The van der Waals surface area contributed by atoms with Crippen LogP contribution in [-0.2, 0) is 21.3 Å². The number of nitrogens with zero attached hydrogens (tertiary/aromatic N) is 3. The third-order valence-corrected chi connectivity index (χ3v) is 8.11. The van der Waals surface area contributed by atoms with Crippen LogP contribution in [-0.4, -0.2) is 62.0 Å². The number of benzene rings is 1. The van der Waals surface area contributed by atoms with Crippen molar-refractivity contribution in [2.75, 3.05) is 39.4 Å². The maximum absolute atomic E-state index is 12.9. The zero-order valence-corrected chi connectivity index (χ0v) is 17.7. The van der Waals surface area contributed by atoms with Crippen molar-refractivity contribution in [2.24, 2.45) is 0 Å². The molecule has 2 fully saturated rings. The molecule has 1 aromatic heterocycles. The highest BCUT2D eigenvalue weighted by molar-refractivity contribution is 7.89. The molecule has 0 bridgehead atoms. The number of ether oxygens (including phenoxy) is 1. The molecule has 8 heteroatoms. The van der Waals surface area contributed by atoms with Gasteiger partial charge in [0.1, 0.15) is 5.01 Å². The van der Waals surface area contributed by atoms with Gasteiger partial charge < -0.3 is 4.74 Å². The highest BCUT2D eigenvalue weighted by Crippen LogP contribution is 2.26. The van der Waals surface area contributed by atoms with Crippen LogP contribution in [0.4, 0.5) is 0 Å². The highest BCUT2D eigenvalue weighted by Gasteiger charge is 2.25. The van der Waals surface area contributed by atoms with E-state index in [1.54, 1.807) is 27.8 Å². The molecule has 0 spiro atoms. The molecular formula is C20H27N3O3S2. The molecule has 0 radical (unpaired) electrons. The van der Waals surface area contributed by atoms with Crippen LogP contribution in [0.25, 0.3) is 11.3 Å². The van der Waals surface area contributed by atoms with Crippen LogP contribution in [0.3, 0.4) is 0 Å². The first-order valence-corrected chi connectivity index (χ1v) is 12.3. The lowest BCUT2D eigenvalue weighted by Crippen LogP contribution is -2.35. The second kappa shape index (κ2) is 9.00. The van der Waals surface area contributed by atoms with Gasteiger partial charge in [-0.1, -0.05) is 25.0 Å². The molecule has 0 N–H and O–H groups in total. The second-order valence-corrected chi connectivity index (χ2v) is 10.2. The third kappa shape index (κ3) is 4.63. The van der Waals surface area contributed by atoms with Gasteiger partial charge in [0, 0.05) is 37.1 Å². The van der Waals surface area contributed by atoms with Crippen LogP contribution in [0.5, 0.6) is 0 Å². The maximum Gasteiger partial charge on any atom is 0.243 e. The topological polar surface area (TPSA) is 62.7 Å². The van der Waals surface area contributed by atoms with Gasteiger partial charge in [-0.2, -0.15) is 4.31 Å². The van der Waals surface area contributed by atoms with Crippen molar-refractivity contribution in [2.45, 2.75) is 37.1 Å². The van der Waals surface area contributed by atoms with E-state index in [4.69, 9.17) is 9.72 Å². The van der Waals surface area contributed by atoms with Crippen LogP contribution >= 0.6 is 11.3 Å². The van der Waals surface area contributed by atoms with E-state index in [9.17, 15) is 8.42 Å². The molecule has 3 heterocycles. The van der Waals surface area contributed by atoms with E-state index in [2.05, 4.69) is 4.90 Å². The number of morpholine rings is 1. The number of thiazole rings is 1. The van der Waals surface area contributed by atoms with Crippen molar-refractivity contribution in [1.82, 2.24) is 14.2 Å². The molecule has 2 saturated heterocycles. The molecule has 0 saturated carbocycles. The number of hydrogen-bond donors (Lipinski definition) is 0. The van der Waals surface area contributed by atoms with Crippen molar-refractivity contribution in [3.05, 3.63) is 34.7 Å². The maximum atomic E-state index is 12.9. The highest BCUT2D eigenvalue weighted by atomic mass is 32.2. The fourth-order valence-electron chi connectivity index (χ4n) is 3.70. The van der Waals surface area contributed by atoms with Gasteiger partial charge in [-0.25, -0.2) is 13.4 Å². The van der Waals surface area contributed by atoms with Crippen LogP contribution in [0.2, 0.25) is 0 Å². The molecule has 0 atom stereocenters. The van der Waals surface area contributed by atoms with Crippen LogP contribution in [0, 0.1) is 0 Å². The van der Waals surface area contributed by atoms with E-state index >= 15 is 0 Å². The summed E-state index contributed by atoms with van der Waals surface area (Å²) in [6.07, 6.45) is 4.12. The van der Waals surface area contributed by atoms with Gasteiger partial charge in [-0.05, 0) is 25.0 Å². The first-order valence-electron chi connectivity index (χ1n) is 9.98. The Bertz CT molecular complexity index is 866. The average molecular weight is 422 g/mol. The largest absolute Gasteiger partial charge is 0.379 e. The normalized spacial score (nSPS) is 20.1. The zero-order valence-electron chi connectivity index (χ0n) is 16.0. The Morgan fingerprint density at radius 2 is 1.64 bits per heavy atom. The van der Waals surface area contributed by atoms with Crippen molar-refractivity contribution in [1.29, 1.82) is 0 Å². The van der Waals surface area contributed by atoms with E-state index in [1.807, 2.05) is 17.5 Å². The van der Waals surface area contributed by atoms with Gasteiger partial charge in [0.15, 0.2) is 0 Å². The van der Waals surface area contributed by atoms with Gasteiger partial charge in [0.05, 0.1) is 30.3 Å². The van der Waals surface area contributed by atoms with Gasteiger partial charge in [0.25, 0.3) is 0 Å². The van der Waals surface area contributed by atoms with Gasteiger partial charge in [-0.15, -0.1) is 11.3 Å². The Morgan fingerprint density at radius 3 is 2.32 bits per heavy atom. The summed E-state index contributed by atoms with van der Waals surface area (Å²) < 4.78 is 32.8. The predicted octanol–water partition coefficient (Wildman–Crippen LogP) is 3.21. The molecular weight excluding hydrogens is 394 g/mol. The van der Waals surface area contributed by atoms with E-state index in [-0.39, 0.29) is 0 Å². The van der Waals surface area contributed by atoms with E-state index in [1.165, 1.54) is 0 Å². The minimum atomic E-state index is -3.40. The first-order chi connectivity index (χ1) is 13.6. The van der Waals surface area contributed by atoms with Crippen LogP contribution in [0.1, 0.15) is 30.7 Å². The Kier molecular flexibility index (Phi) is 6.42. The summed E-state index contributed by atoms with van der Waals surface area (Å²) in [5, 5.41) is 3.13. The monoisotopic (exact) mass is 421 g/mol. The molecule has 2 aromatic rings. The number of sulfonamides is 1. The second-order valence-electron chi connectivity index (χ2n) is 7.36. The van der Waals surface area contributed by atoms with Crippen LogP contribution < -0.4 is 0 Å². The lowest BCUT2D eigenvalue weighted by Gasteiger charge is -2.25. The minimum absolute atomic E-state index is 0.377. The lowest BCUT2D eigenvalue weighted by atomic mass is 10.2. The molecule has 0 amide bonds. The lowest BCUT2D eigenvalue weighted by molar-refractivity contribution is 0.0342. The van der Waals surface area contributed by atoms with Crippen molar-refractivity contribution >= 4 is 21.4 Å². The quantitative estimate of drug-likeness (QED) is 0.742. The Morgan fingerprint density at radius 1 is 0.964 bits per heavy atom. The molecule has 1 aromatic carbocycles. The number of aromatic nitrogens is 1. The van der Waals surface area contributed by atoms with E-state index in [0.717, 1.165) is 74.8 Å². The molecule has 0 aliphatic carbocycles. The zero-order chi connectivity index (χ0) is 19.4. The van der Waals surface area contributed by atoms with Crippen LogP contribution in [0.15, 0.2) is 34.5 Å². The van der Waals surface area contributed by atoms with Crippen molar-refractivity contribution < 1.29 is 13.2 Å². The summed E-state index contributed by atoms with van der Waals surface area (Å²) >= 11 is 1.65. The summed E-state index contributed by atoms with van der Waals surface area (Å²) in [6.45, 7) is 5.55. The number of hydrogen-bond acceptors (Lipinski definition) is 6. The molecule has 28 heavy (non-hydrogen) atoms. The molecule has 6 nitrogen and oxygen atoms in total. The molecule has 2 aliphatic rings. The van der Waals surface area contributed by atoms with E-state index < -0.39 is 10.0 Å². The molecule has 4 rings (SSSR count). The summed E-state index contributed by atoms with van der Waals surface area (Å²) in [5.74, 6) is 0. The van der Waals surface area contributed by atoms with E-state index in [0.29, 0.717) is 18.0 Å². The van der Waals surface area contributed by atoms with Crippen molar-refractivity contribution in [3.8, 4) is 11.3 Å². The fourth-order valence-corrected chi connectivity index (χ4v) is 6.06. The Balaban J connectivity index is 1.45. The number of rotatable bonds is 5. The fraction of sp³-hybridized carbons (Fsp3) is 0.550. The standard InChI is InChI=1S/C20H27N3O3S2/c24-28(25,23-9-3-1-2-4-10-23)18-7-5-17(6-8-18)19-16-27-20(21-19)15-22-11-13-26-14-12-22/h5-8,16H,1-4,9-15H2. The van der Waals surface area contributed by atoms with Gasteiger partial charge in [-0.3, -0.25) is 4.90 Å². The first kappa shape index (κ1) is 20.0. The summed E-state index contributed by atoms with van der Waals surface area (Å²) in [7, 11) is -3.40. The SMILES string of the molecule is O=S(=O)(c1ccc(-c2csc(CN3CCOCC3)n2)cc1)N1CCCCCC1. The Hall–Kier alpha value is -1.32. The summed E-state index contributed by atoms with van der Waals surface area (Å²) in [4.78, 5) is 7.47. The smallest absolute Gasteiger partial charge is 0.243 e. The van der Waals surface area contributed by atoms with Crippen molar-refractivity contribution in [3.63, 3.8) is 0 Å². The predicted molar refractivity (Wildman–Crippen MR) is 111 cm³/mol. The third-order valence-electron chi connectivity index (χ3n) is 5.37. The molecule has 2 aliphatic heterocycles. The van der Waals surface area contributed by atoms with Gasteiger partial charge in [0.2, 0.25) is 10.0 Å². The minimum Gasteiger partial charge on any atom is -0.379 e. The average Bonchev–Trinajstić information content (AvgIpc) is 3.00. The molecule has 152 valence electrons. The van der Waals surface area contributed by atoms with Gasteiger partial charge >= 0.3 is 0 Å². The summed E-state index contributed by atoms with van der Waals surface area (Å²) in [5.41, 5.74) is 1.87. The molecule has 0 unspecified atom stereocenters.